The third-order valence-corrected chi connectivity index (χ3v) is 1.13. The summed E-state index contributed by atoms with van der Waals surface area (Å²) >= 11 is 0. The van der Waals surface area contributed by atoms with Crippen molar-refractivity contribution in [2.24, 2.45) is 0 Å². The Morgan fingerprint density at radius 1 is 1.83 bits per heavy atom. The van der Waals surface area contributed by atoms with E-state index in [1.807, 2.05) is 6.08 Å². The molecule has 0 radical (unpaired) electrons. The average molecular weight is 80.1 g/mol. The second-order valence-corrected chi connectivity index (χ2v) is 1.69. The first kappa shape index (κ1) is 3.66. The van der Waals surface area contributed by atoms with Crippen molar-refractivity contribution in [1.82, 2.24) is 0 Å². The monoisotopic (exact) mass is 80.1 g/mol. The molecular formula is C6H8. The zero-order valence-electron chi connectivity index (χ0n) is 3.99. The maximum absolute atomic E-state index is 3.62. The van der Waals surface area contributed by atoms with E-state index in [1.165, 1.54) is 17.6 Å². The topological polar surface area (TPSA) is 0 Å². The van der Waals surface area contributed by atoms with Crippen LogP contribution in [0.15, 0.2) is 23.8 Å². The van der Waals surface area contributed by atoms with Gasteiger partial charge in [0.2, 0.25) is 0 Å². The van der Waals surface area contributed by atoms with Crippen LogP contribution in [0, 0.1) is 0 Å². The summed E-state index contributed by atoms with van der Waals surface area (Å²) in [4.78, 5) is 0. The van der Waals surface area contributed by atoms with E-state index in [2.05, 4.69) is 13.5 Å². The number of hydrogen-bond donors (Lipinski definition) is 0. The van der Waals surface area contributed by atoms with Crippen molar-refractivity contribution in [3.8, 4) is 0 Å². The van der Waals surface area contributed by atoms with E-state index in [0.29, 0.717) is 0 Å². The van der Waals surface area contributed by atoms with Gasteiger partial charge in [-0.15, -0.1) is 0 Å². The van der Waals surface area contributed by atoms with E-state index in [0.717, 1.165) is 0 Å². The van der Waals surface area contributed by atoms with E-state index >= 15 is 0 Å². The lowest BCUT2D eigenvalue weighted by Gasteiger charge is -1.57. The van der Waals surface area contributed by atoms with Crippen molar-refractivity contribution in [2.45, 2.75) is 13.3 Å². The summed E-state index contributed by atoms with van der Waals surface area (Å²) in [7, 11) is 0. The van der Waals surface area contributed by atoms with Gasteiger partial charge in [-0.25, -0.2) is 0 Å². The van der Waals surface area contributed by atoms with E-state index in [9.17, 15) is 0 Å². The van der Waals surface area contributed by atoms with E-state index in [1.54, 1.807) is 0 Å². The molecule has 0 heterocycles. The molecule has 0 spiro atoms. The summed E-state index contributed by atoms with van der Waals surface area (Å²) in [6.45, 7) is 5.75. The maximum atomic E-state index is 3.62. The van der Waals surface area contributed by atoms with Gasteiger partial charge in [0.05, 0.1) is 0 Å². The van der Waals surface area contributed by atoms with Gasteiger partial charge in [-0.3, -0.25) is 0 Å². The molecule has 0 nitrogen and oxygen atoms in total. The lowest BCUT2D eigenvalue weighted by molar-refractivity contribution is 1.46. The van der Waals surface area contributed by atoms with Gasteiger partial charge in [0.15, 0.2) is 0 Å². The van der Waals surface area contributed by atoms with Gasteiger partial charge in [-0.05, 0) is 18.9 Å². The van der Waals surface area contributed by atoms with Gasteiger partial charge in [-0.1, -0.05) is 18.2 Å². The second-order valence-electron chi connectivity index (χ2n) is 1.69. The van der Waals surface area contributed by atoms with Crippen LogP contribution in [0.1, 0.15) is 13.3 Å². The summed E-state index contributed by atoms with van der Waals surface area (Å²) in [5, 5.41) is 0. The molecule has 0 atom stereocenters. The Labute approximate surface area is 38.2 Å². The summed E-state index contributed by atoms with van der Waals surface area (Å²) < 4.78 is 0. The van der Waals surface area contributed by atoms with Gasteiger partial charge >= 0.3 is 0 Å². The normalized spacial score (nSPS) is 18.2. The quantitative estimate of drug-likeness (QED) is 0.451. The molecule has 1 aliphatic rings. The molecule has 0 bridgehead atoms. The van der Waals surface area contributed by atoms with Crippen LogP contribution in [0.4, 0.5) is 0 Å². The largest absolute Gasteiger partial charge is 0.0988 e. The molecule has 0 heteroatoms. The van der Waals surface area contributed by atoms with Crippen LogP contribution in [-0.4, -0.2) is 0 Å². The minimum absolute atomic E-state index is 1.21. The van der Waals surface area contributed by atoms with Crippen molar-refractivity contribution < 1.29 is 0 Å². The Balaban J connectivity index is 2.59. The lowest BCUT2D eigenvalue weighted by Crippen LogP contribution is -1.36. The smallest absolute Gasteiger partial charge is 0.00646 e. The molecule has 0 saturated heterocycles. The summed E-state index contributed by atoms with van der Waals surface area (Å²) in [5.74, 6) is 0. The molecule has 0 amide bonds. The minimum atomic E-state index is 1.21. The van der Waals surface area contributed by atoms with Gasteiger partial charge in [0.1, 0.15) is 0 Å². The molecule has 0 unspecified atom stereocenters. The number of allylic oxidation sites excluding steroid dienone is 3. The molecule has 0 aromatic rings. The minimum Gasteiger partial charge on any atom is -0.0988 e. The number of hydrogen-bond acceptors (Lipinski definition) is 0. The third kappa shape index (κ3) is 0.383. The average Bonchev–Trinajstić information content (AvgIpc) is 2.19. The van der Waals surface area contributed by atoms with Crippen LogP contribution in [0.3, 0.4) is 0 Å². The lowest BCUT2D eigenvalue weighted by atomic mass is 10.5. The van der Waals surface area contributed by atoms with Gasteiger partial charge in [0, 0.05) is 0 Å². The Morgan fingerprint density at radius 3 is 2.33 bits per heavy atom. The van der Waals surface area contributed by atoms with Crippen molar-refractivity contribution in [2.75, 3.05) is 0 Å². The van der Waals surface area contributed by atoms with Crippen molar-refractivity contribution in [3.05, 3.63) is 23.8 Å². The van der Waals surface area contributed by atoms with Crippen molar-refractivity contribution in [1.29, 1.82) is 0 Å². The van der Waals surface area contributed by atoms with E-state index in [-0.39, 0.29) is 0 Å². The zero-order valence-corrected chi connectivity index (χ0v) is 3.99. The molecular weight excluding hydrogens is 72.1 g/mol. The SMILES string of the molecule is C=CC1=C(C)C1. The first-order valence-corrected chi connectivity index (χ1v) is 2.15. The molecule has 0 N–H and O–H groups in total. The Hall–Kier alpha value is -0.520. The first-order valence-electron chi connectivity index (χ1n) is 2.15. The fraction of sp³-hybridized carbons (Fsp3) is 0.333. The second kappa shape index (κ2) is 0.970. The van der Waals surface area contributed by atoms with Crippen molar-refractivity contribution in [3.63, 3.8) is 0 Å². The molecule has 0 aromatic heterocycles. The van der Waals surface area contributed by atoms with Gasteiger partial charge in [0.25, 0.3) is 0 Å². The Kier molecular flexibility index (Phi) is 0.592. The summed E-state index contributed by atoms with van der Waals surface area (Å²) in [6, 6.07) is 0. The molecule has 0 fully saturated rings. The summed E-state index contributed by atoms with van der Waals surface area (Å²) in [5.41, 5.74) is 2.94. The van der Waals surface area contributed by atoms with Crippen LogP contribution in [0.5, 0.6) is 0 Å². The van der Waals surface area contributed by atoms with Crippen molar-refractivity contribution >= 4 is 0 Å². The molecule has 0 saturated carbocycles. The fourth-order valence-electron chi connectivity index (χ4n) is 0.488. The highest BCUT2D eigenvalue weighted by atomic mass is 14.2. The van der Waals surface area contributed by atoms with E-state index in [4.69, 9.17) is 0 Å². The highest BCUT2D eigenvalue weighted by molar-refractivity contribution is 5.40. The maximum Gasteiger partial charge on any atom is -0.00646 e. The van der Waals surface area contributed by atoms with Crippen LogP contribution in [0.25, 0.3) is 0 Å². The van der Waals surface area contributed by atoms with Crippen LogP contribution >= 0.6 is 0 Å². The van der Waals surface area contributed by atoms with Gasteiger partial charge in [-0.2, -0.15) is 0 Å². The molecule has 1 aliphatic carbocycles. The highest BCUT2D eigenvalue weighted by Crippen LogP contribution is 2.29. The molecule has 0 aromatic carbocycles. The molecule has 1 rings (SSSR count). The standard InChI is InChI=1S/C6H8/c1-3-6-4-5(6)2/h3H,1,4H2,2H3. The van der Waals surface area contributed by atoms with Gasteiger partial charge < -0.3 is 0 Å². The molecule has 32 valence electrons. The number of rotatable bonds is 1. The zero-order chi connectivity index (χ0) is 4.57. The predicted octanol–water partition coefficient (Wildman–Crippen LogP) is 1.89. The molecule has 6 heavy (non-hydrogen) atoms. The Bertz CT molecular complexity index is 107. The third-order valence-electron chi connectivity index (χ3n) is 1.13. The van der Waals surface area contributed by atoms with Crippen LogP contribution in [0.2, 0.25) is 0 Å². The Morgan fingerprint density at radius 2 is 2.33 bits per heavy atom. The predicted molar refractivity (Wildman–Crippen MR) is 27.5 cm³/mol. The molecule has 0 aliphatic heterocycles. The fourth-order valence-corrected chi connectivity index (χ4v) is 0.488. The first-order chi connectivity index (χ1) is 2.84. The van der Waals surface area contributed by atoms with E-state index < -0.39 is 0 Å². The highest BCUT2D eigenvalue weighted by Gasteiger charge is 2.10. The van der Waals surface area contributed by atoms with Crippen LogP contribution in [-0.2, 0) is 0 Å². The summed E-state index contributed by atoms with van der Waals surface area (Å²) in [6.07, 6.45) is 3.14. The van der Waals surface area contributed by atoms with Crippen LogP contribution < -0.4 is 0 Å².